The average molecular weight is 474 g/mol. The molecule has 0 N–H and O–H groups in total. The van der Waals surface area contributed by atoms with E-state index < -0.39 is 0 Å². The average Bonchev–Trinajstić information content (AvgIpc) is 3.60. The third-order valence-corrected chi connectivity index (χ3v) is 7.11. The Kier molecular flexibility index (Phi) is 6.60. The maximum atomic E-state index is 13.2. The maximum absolute atomic E-state index is 13.2. The minimum absolute atomic E-state index is 0.0854. The van der Waals surface area contributed by atoms with Crippen molar-refractivity contribution in [2.45, 2.75) is 44.5 Å². The van der Waals surface area contributed by atoms with E-state index in [2.05, 4.69) is 26.7 Å². The molecule has 1 saturated heterocycles. The van der Waals surface area contributed by atoms with Crippen LogP contribution in [0.4, 0.5) is 0 Å². The quantitative estimate of drug-likeness (QED) is 0.268. The van der Waals surface area contributed by atoms with Crippen LogP contribution in [0.1, 0.15) is 34.6 Å². The number of aryl methyl sites for hydroxylation is 1. The van der Waals surface area contributed by atoms with E-state index in [-0.39, 0.29) is 17.6 Å². The molecular formula is C26H27N5O2S. The molecule has 5 rings (SSSR count). The molecule has 0 unspecified atom stereocenters. The summed E-state index contributed by atoms with van der Waals surface area (Å²) in [5.41, 5.74) is 4.67. The number of rotatable bonds is 8. The first-order valence-corrected chi connectivity index (χ1v) is 12.5. The Hall–Kier alpha value is -3.23. The van der Waals surface area contributed by atoms with Crippen molar-refractivity contribution in [3.63, 3.8) is 0 Å². The zero-order valence-corrected chi connectivity index (χ0v) is 20.2. The molecule has 8 heteroatoms. The number of ketones is 1. The number of thioether (sulfide) groups is 1. The third-order valence-electron chi connectivity index (χ3n) is 6.18. The first-order chi connectivity index (χ1) is 16.6. The second-order valence-electron chi connectivity index (χ2n) is 8.46. The van der Waals surface area contributed by atoms with Crippen molar-refractivity contribution in [3.8, 4) is 17.1 Å². The van der Waals surface area contributed by atoms with Crippen LogP contribution < -0.4 is 0 Å². The van der Waals surface area contributed by atoms with Crippen molar-refractivity contribution < 1.29 is 9.53 Å². The molecule has 4 aromatic rings. The van der Waals surface area contributed by atoms with Crippen LogP contribution in [0.25, 0.3) is 17.1 Å². The summed E-state index contributed by atoms with van der Waals surface area (Å²) < 4.78 is 9.99. The number of Topliss-reactive ketones (excluding diaryl/α,β-unsaturated/α-hetero) is 1. The Morgan fingerprint density at radius 3 is 2.74 bits per heavy atom. The summed E-state index contributed by atoms with van der Waals surface area (Å²) in [5.74, 6) is 1.06. The summed E-state index contributed by atoms with van der Waals surface area (Å²) in [5, 5.41) is 9.52. The number of carbonyl (C=O) groups is 1. The molecule has 0 spiro atoms. The topological polar surface area (TPSA) is 74.8 Å². The standard InChI is InChI=1S/C26H27N5O2S/c1-18-14-23(19(2)30(18)16-22-11-7-13-33-22)24(32)17-34-26-29-28-25(20-8-6-12-27-15-20)31(26)21-9-4-3-5-10-21/h3-6,8-10,12,14-15,22H,7,11,13,16-17H2,1-2H3/t22-/m1/s1. The maximum Gasteiger partial charge on any atom is 0.196 e. The first-order valence-electron chi connectivity index (χ1n) is 11.5. The number of carbonyl (C=O) groups excluding carboxylic acids is 1. The van der Waals surface area contributed by atoms with Crippen LogP contribution in [-0.4, -0.2) is 48.6 Å². The number of nitrogens with zero attached hydrogens (tertiary/aromatic N) is 5. The summed E-state index contributed by atoms with van der Waals surface area (Å²) in [6.45, 7) is 5.70. The van der Waals surface area contributed by atoms with Crippen LogP contribution in [0.5, 0.6) is 0 Å². The molecule has 34 heavy (non-hydrogen) atoms. The summed E-state index contributed by atoms with van der Waals surface area (Å²) in [4.78, 5) is 17.5. The van der Waals surface area contributed by atoms with Gasteiger partial charge in [-0.25, -0.2) is 0 Å². The fourth-order valence-electron chi connectivity index (χ4n) is 4.42. The van der Waals surface area contributed by atoms with Gasteiger partial charge in [-0.1, -0.05) is 30.0 Å². The summed E-state index contributed by atoms with van der Waals surface area (Å²) >= 11 is 1.40. The first kappa shape index (κ1) is 22.6. The van der Waals surface area contributed by atoms with Crippen LogP contribution in [0.2, 0.25) is 0 Å². The molecule has 4 heterocycles. The molecule has 1 aromatic carbocycles. The van der Waals surface area contributed by atoms with Crippen molar-refractivity contribution in [2.24, 2.45) is 0 Å². The lowest BCUT2D eigenvalue weighted by atomic mass is 10.2. The van der Waals surface area contributed by atoms with E-state index in [1.165, 1.54) is 11.8 Å². The predicted molar refractivity (Wildman–Crippen MR) is 133 cm³/mol. The second kappa shape index (κ2) is 9.95. The SMILES string of the molecule is Cc1cc(C(=O)CSc2nnc(-c3cccnc3)n2-c2ccccc2)c(C)n1C[C@H]1CCCO1. The molecule has 1 aliphatic rings. The highest BCUT2D eigenvalue weighted by Crippen LogP contribution is 2.29. The molecule has 174 valence electrons. The van der Waals surface area contributed by atoms with Crippen molar-refractivity contribution in [3.05, 3.63) is 77.9 Å². The van der Waals surface area contributed by atoms with E-state index in [1.807, 2.05) is 60.0 Å². The van der Waals surface area contributed by atoms with Gasteiger partial charge in [0.25, 0.3) is 0 Å². The van der Waals surface area contributed by atoms with E-state index in [1.54, 1.807) is 12.4 Å². The van der Waals surface area contributed by atoms with Crippen molar-refractivity contribution >= 4 is 17.5 Å². The van der Waals surface area contributed by atoms with Crippen LogP contribution in [0, 0.1) is 13.8 Å². The number of benzene rings is 1. The van der Waals surface area contributed by atoms with Crippen LogP contribution in [0.3, 0.4) is 0 Å². The Bertz CT molecular complexity index is 1280. The molecule has 0 aliphatic carbocycles. The molecule has 1 fully saturated rings. The number of pyridine rings is 1. The number of aromatic nitrogens is 5. The molecule has 3 aromatic heterocycles. The van der Waals surface area contributed by atoms with Gasteiger partial charge in [-0.05, 0) is 57.0 Å². The normalized spacial score (nSPS) is 15.6. The number of hydrogen-bond donors (Lipinski definition) is 0. The van der Waals surface area contributed by atoms with Crippen LogP contribution in [0.15, 0.2) is 66.1 Å². The lowest BCUT2D eigenvalue weighted by molar-refractivity contribution is 0.0957. The van der Waals surface area contributed by atoms with E-state index in [9.17, 15) is 4.79 Å². The molecule has 0 saturated carbocycles. The van der Waals surface area contributed by atoms with Gasteiger partial charge in [0, 0.05) is 53.7 Å². The molecule has 7 nitrogen and oxygen atoms in total. The Balaban J connectivity index is 1.38. The smallest absolute Gasteiger partial charge is 0.196 e. The van der Waals surface area contributed by atoms with Crippen molar-refractivity contribution in [2.75, 3.05) is 12.4 Å². The van der Waals surface area contributed by atoms with Crippen molar-refractivity contribution in [1.82, 2.24) is 24.3 Å². The van der Waals surface area contributed by atoms with E-state index >= 15 is 0 Å². The zero-order chi connectivity index (χ0) is 23.5. The number of para-hydroxylation sites is 1. The minimum Gasteiger partial charge on any atom is -0.376 e. The molecule has 1 atom stereocenters. The van der Waals surface area contributed by atoms with E-state index in [4.69, 9.17) is 4.74 Å². The summed E-state index contributed by atoms with van der Waals surface area (Å²) in [6, 6.07) is 15.8. The van der Waals surface area contributed by atoms with Gasteiger partial charge in [-0.2, -0.15) is 0 Å². The monoisotopic (exact) mass is 473 g/mol. The van der Waals surface area contributed by atoms with Gasteiger partial charge >= 0.3 is 0 Å². The molecule has 0 radical (unpaired) electrons. The molecule has 1 aliphatic heterocycles. The minimum atomic E-state index is 0.0854. The van der Waals surface area contributed by atoms with Gasteiger partial charge in [0.1, 0.15) is 0 Å². The highest BCUT2D eigenvalue weighted by molar-refractivity contribution is 7.99. The van der Waals surface area contributed by atoms with E-state index in [0.717, 1.165) is 54.2 Å². The fourth-order valence-corrected chi connectivity index (χ4v) is 5.25. The van der Waals surface area contributed by atoms with Crippen LogP contribution in [-0.2, 0) is 11.3 Å². The Morgan fingerprint density at radius 1 is 1.15 bits per heavy atom. The Labute approximate surface area is 203 Å². The van der Waals surface area contributed by atoms with Gasteiger partial charge < -0.3 is 9.30 Å². The third kappa shape index (κ3) is 4.56. The molecule has 0 bridgehead atoms. The Morgan fingerprint density at radius 2 is 2.00 bits per heavy atom. The van der Waals surface area contributed by atoms with Gasteiger partial charge in [0.2, 0.25) is 0 Å². The van der Waals surface area contributed by atoms with Gasteiger partial charge in [0.15, 0.2) is 16.8 Å². The van der Waals surface area contributed by atoms with Gasteiger partial charge in [-0.15, -0.1) is 10.2 Å². The second-order valence-corrected chi connectivity index (χ2v) is 9.40. The number of hydrogen-bond acceptors (Lipinski definition) is 6. The molecular weight excluding hydrogens is 446 g/mol. The van der Waals surface area contributed by atoms with E-state index in [0.29, 0.717) is 11.0 Å². The highest BCUT2D eigenvalue weighted by Gasteiger charge is 2.22. The number of ether oxygens (including phenoxy) is 1. The zero-order valence-electron chi connectivity index (χ0n) is 19.3. The largest absolute Gasteiger partial charge is 0.376 e. The predicted octanol–water partition coefficient (Wildman–Crippen LogP) is 4.90. The fraction of sp³-hybridized carbons (Fsp3) is 0.308. The highest BCUT2D eigenvalue weighted by atomic mass is 32.2. The molecule has 0 amide bonds. The lowest BCUT2D eigenvalue weighted by Gasteiger charge is -2.14. The van der Waals surface area contributed by atoms with Gasteiger partial charge in [0.05, 0.1) is 11.9 Å². The summed E-state index contributed by atoms with van der Waals surface area (Å²) in [6.07, 6.45) is 5.92. The summed E-state index contributed by atoms with van der Waals surface area (Å²) in [7, 11) is 0. The van der Waals surface area contributed by atoms with Crippen molar-refractivity contribution in [1.29, 1.82) is 0 Å². The van der Waals surface area contributed by atoms with Crippen LogP contribution >= 0.6 is 11.8 Å². The van der Waals surface area contributed by atoms with Gasteiger partial charge in [-0.3, -0.25) is 14.3 Å². The lowest BCUT2D eigenvalue weighted by Crippen LogP contribution is -2.17.